The molecule has 0 heterocycles. The van der Waals surface area contributed by atoms with E-state index in [9.17, 15) is 31.1 Å². The van der Waals surface area contributed by atoms with Crippen molar-refractivity contribution in [1.82, 2.24) is 0 Å². The van der Waals surface area contributed by atoms with E-state index in [0.29, 0.717) is 0 Å². The van der Waals surface area contributed by atoms with Crippen LogP contribution in [0.5, 0.6) is 5.75 Å². The number of methoxy groups -OCH3 is 1. The summed E-state index contributed by atoms with van der Waals surface area (Å²) in [4.78, 5) is 12.6. The van der Waals surface area contributed by atoms with Gasteiger partial charge in [0.25, 0.3) is 5.91 Å². The Morgan fingerprint density at radius 2 is 1.45 bits per heavy atom. The molecule has 0 aromatic heterocycles. The molecule has 0 saturated heterocycles. The van der Waals surface area contributed by atoms with Crippen molar-refractivity contribution in [2.75, 3.05) is 12.4 Å². The number of amides is 1. The van der Waals surface area contributed by atoms with Gasteiger partial charge in [-0.1, -0.05) is 12.1 Å². The number of carbonyl (C=O) groups is 1. The number of alkyl halides is 6. The van der Waals surface area contributed by atoms with E-state index < -0.39 is 29.4 Å². The van der Waals surface area contributed by atoms with Crippen molar-refractivity contribution in [3.8, 4) is 16.9 Å². The lowest BCUT2D eigenvalue weighted by Crippen LogP contribution is -2.12. The number of anilines is 1. The Morgan fingerprint density at radius 3 is 2.03 bits per heavy atom. The third-order valence-corrected chi connectivity index (χ3v) is 4.43. The van der Waals surface area contributed by atoms with Crippen LogP contribution in [0.3, 0.4) is 0 Å². The van der Waals surface area contributed by atoms with Gasteiger partial charge in [-0.15, -0.1) is 0 Å². The Hall–Kier alpha value is -3.49. The van der Waals surface area contributed by atoms with E-state index in [1.807, 2.05) is 0 Å². The van der Waals surface area contributed by atoms with Gasteiger partial charge in [0.2, 0.25) is 0 Å². The Labute approximate surface area is 173 Å². The van der Waals surface area contributed by atoms with Crippen molar-refractivity contribution in [3.63, 3.8) is 0 Å². The zero-order chi connectivity index (χ0) is 22.8. The number of carbonyl (C=O) groups excluding carboxylic acids is 1. The molecule has 3 nitrogen and oxygen atoms in total. The van der Waals surface area contributed by atoms with Crippen molar-refractivity contribution in [3.05, 3.63) is 83.4 Å². The molecule has 0 fully saturated rings. The normalized spacial score (nSPS) is 11.8. The number of hydrogen-bond donors (Lipinski definition) is 1. The molecule has 0 aliphatic heterocycles. The van der Waals surface area contributed by atoms with Gasteiger partial charge < -0.3 is 10.1 Å². The number of halogens is 6. The minimum absolute atomic E-state index is 0.0908. The van der Waals surface area contributed by atoms with Gasteiger partial charge in [-0.05, 0) is 60.2 Å². The molecule has 0 spiro atoms. The van der Waals surface area contributed by atoms with E-state index in [1.54, 1.807) is 0 Å². The van der Waals surface area contributed by atoms with Crippen LogP contribution < -0.4 is 10.1 Å². The van der Waals surface area contributed by atoms with Crippen molar-refractivity contribution in [1.29, 1.82) is 0 Å². The van der Waals surface area contributed by atoms with Gasteiger partial charge in [-0.25, -0.2) is 0 Å². The molecule has 0 aliphatic carbocycles. The topological polar surface area (TPSA) is 38.3 Å². The predicted molar refractivity (Wildman–Crippen MR) is 103 cm³/mol. The molecule has 3 rings (SSSR count). The van der Waals surface area contributed by atoms with E-state index in [4.69, 9.17) is 4.74 Å². The first-order valence-corrected chi connectivity index (χ1v) is 8.83. The van der Waals surface area contributed by atoms with Crippen molar-refractivity contribution in [2.45, 2.75) is 12.4 Å². The van der Waals surface area contributed by atoms with Crippen LogP contribution in [-0.2, 0) is 12.4 Å². The first kappa shape index (κ1) is 22.2. The van der Waals surface area contributed by atoms with Crippen LogP contribution >= 0.6 is 0 Å². The largest absolute Gasteiger partial charge is 0.496 e. The lowest BCUT2D eigenvalue weighted by atomic mass is 9.99. The van der Waals surface area contributed by atoms with Crippen LogP contribution in [0.4, 0.5) is 32.0 Å². The van der Waals surface area contributed by atoms with Gasteiger partial charge in [0.05, 0.1) is 18.2 Å². The lowest BCUT2D eigenvalue weighted by molar-refractivity contribution is -0.138. The summed E-state index contributed by atoms with van der Waals surface area (Å²) >= 11 is 0. The van der Waals surface area contributed by atoms with Crippen LogP contribution in [0.1, 0.15) is 21.5 Å². The number of rotatable bonds is 4. The Morgan fingerprint density at radius 1 is 0.806 bits per heavy atom. The Bertz CT molecular complexity index is 1090. The second-order valence-corrected chi connectivity index (χ2v) is 6.52. The molecule has 1 amide bonds. The van der Waals surface area contributed by atoms with Crippen molar-refractivity contribution in [2.24, 2.45) is 0 Å². The third-order valence-electron chi connectivity index (χ3n) is 4.43. The molecule has 1 N–H and O–H groups in total. The summed E-state index contributed by atoms with van der Waals surface area (Å²) in [6, 6.07) is 12.6. The van der Waals surface area contributed by atoms with Gasteiger partial charge in [-0.3, -0.25) is 4.79 Å². The Balaban J connectivity index is 1.91. The van der Waals surface area contributed by atoms with E-state index in [-0.39, 0.29) is 28.1 Å². The quantitative estimate of drug-likeness (QED) is 0.462. The fraction of sp³-hybridized carbons (Fsp3) is 0.136. The summed E-state index contributed by atoms with van der Waals surface area (Å²) in [5.74, 6) is -0.388. The van der Waals surface area contributed by atoms with Gasteiger partial charge >= 0.3 is 12.4 Å². The summed E-state index contributed by atoms with van der Waals surface area (Å²) in [5.41, 5.74) is -1.04. The molecule has 31 heavy (non-hydrogen) atoms. The molecule has 0 atom stereocenters. The first-order valence-electron chi connectivity index (χ1n) is 8.83. The highest BCUT2D eigenvalue weighted by Crippen LogP contribution is 2.36. The van der Waals surface area contributed by atoms with E-state index in [0.717, 1.165) is 36.4 Å². The van der Waals surface area contributed by atoms with E-state index in [1.165, 1.54) is 37.4 Å². The summed E-state index contributed by atoms with van der Waals surface area (Å²) in [7, 11) is 1.34. The smallest absolute Gasteiger partial charge is 0.416 e. The monoisotopic (exact) mass is 439 g/mol. The molecule has 3 aromatic rings. The Kier molecular flexibility index (Phi) is 5.97. The maximum atomic E-state index is 13.1. The lowest BCUT2D eigenvalue weighted by Gasteiger charge is -2.14. The highest BCUT2D eigenvalue weighted by atomic mass is 19.4. The van der Waals surface area contributed by atoms with Crippen LogP contribution in [0, 0.1) is 0 Å². The van der Waals surface area contributed by atoms with Gasteiger partial charge in [0.1, 0.15) is 5.75 Å². The maximum absolute atomic E-state index is 13.1. The molecule has 0 bridgehead atoms. The predicted octanol–water partition coefficient (Wildman–Crippen LogP) is 6.65. The van der Waals surface area contributed by atoms with Crippen LogP contribution in [0.15, 0.2) is 66.7 Å². The van der Waals surface area contributed by atoms with Gasteiger partial charge in [-0.2, -0.15) is 26.3 Å². The number of nitrogens with one attached hydrogen (secondary N) is 1. The minimum atomic E-state index is -4.54. The molecular weight excluding hydrogens is 424 g/mol. The molecule has 162 valence electrons. The minimum Gasteiger partial charge on any atom is -0.496 e. The summed E-state index contributed by atoms with van der Waals surface area (Å²) < 4.78 is 82.3. The summed E-state index contributed by atoms with van der Waals surface area (Å²) in [5, 5.41) is 2.46. The summed E-state index contributed by atoms with van der Waals surface area (Å²) in [6.07, 6.45) is -9.04. The number of ether oxygens (including phenoxy) is 1. The summed E-state index contributed by atoms with van der Waals surface area (Å²) in [6.45, 7) is 0. The third kappa shape index (κ3) is 5.17. The van der Waals surface area contributed by atoms with Crippen LogP contribution in [0.25, 0.3) is 11.1 Å². The fourth-order valence-corrected chi connectivity index (χ4v) is 2.88. The molecule has 9 heteroatoms. The highest BCUT2D eigenvalue weighted by Gasteiger charge is 2.31. The fourth-order valence-electron chi connectivity index (χ4n) is 2.88. The standard InChI is InChI=1S/C22H15F6NO2/c1-31-19-10-5-14(12-18(19)13-3-2-4-16(11-13)22(26,27)28)20(30)29-17-8-6-15(7-9-17)21(23,24)25/h2-12H,1H3,(H,29,30). The molecule has 3 aromatic carbocycles. The molecular formula is C22H15F6NO2. The van der Waals surface area contributed by atoms with Crippen molar-refractivity contribution < 1.29 is 35.9 Å². The second kappa shape index (κ2) is 8.33. The van der Waals surface area contributed by atoms with Crippen LogP contribution in [0.2, 0.25) is 0 Å². The van der Waals surface area contributed by atoms with E-state index >= 15 is 0 Å². The average molecular weight is 439 g/mol. The maximum Gasteiger partial charge on any atom is 0.416 e. The zero-order valence-corrected chi connectivity index (χ0v) is 15.9. The number of hydrogen-bond acceptors (Lipinski definition) is 2. The first-order chi connectivity index (χ1) is 14.5. The van der Waals surface area contributed by atoms with Crippen LogP contribution in [-0.4, -0.2) is 13.0 Å². The molecule has 0 saturated carbocycles. The second-order valence-electron chi connectivity index (χ2n) is 6.52. The number of benzene rings is 3. The van der Waals surface area contributed by atoms with Gasteiger partial charge in [0.15, 0.2) is 0 Å². The average Bonchev–Trinajstić information content (AvgIpc) is 2.72. The zero-order valence-electron chi connectivity index (χ0n) is 15.9. The molecule has 0 unspecified atom stereocenters. The molecule has 0 aliphatic rings. The molecule has 0 radical (unpaired) electrons. The van der Waals surface area contributed by atoms with Crippen molar-refractivity contribution >= 4 is 11.6 Å². The SMILES string of the molecule is COc1ccc(C(=O)Nc2ccc(C(F)(F)F)cc2)cc1-c1cccc(C(F)(F)F)c1. The van der Waals surface area contributed by atoms with E-state index in [2.05, 4.69) is 5.32 Å². The van der Waals surface area contributed by atoms with Gasteiger partial charge in [0, 0.05) is 16.8 Å². The highest BCUT2D eigenvalue weighted by molar-refractivity contribution is 6.05.